The first-order valence-electron chi connectivity index (χ1n) is 8.15. The largest absolute Gasteiger partial charge is 0.452 e. The lowest BCUT2D eigenvalue weighted by atomic mass is 10.1. The number of carbonyl (C=O) groups excluding carboxylic acids is 2. The van der Waals surface area contributed by atoms with Crippen LogP contribution in [0.2, 0.25) is 0 Å². The molecule has 0 atom stereocenters. The molecule has 0 bridgehead atoms. The van der Waals surface area contributed by atoms with E-state index in [4.69, 9.17) is 15.0 Å². The maximum absolute atomic E-state index is 11.9. The zero-order chi connectivity index (χ0) is 21.7. The van der Waals surface area contributed by atoms with Crippen LogP contribution in [-0.4, -0.2) is 41.9 Å². The molecule has 0 aliphatic carbocycles. The summed E-state index contributed by atoms with van der Waals surface area (Å²) in [6.07, 6.45) is 0.430. The molecule has 10 nitrogen and oxygen atoms in total. The van der Waals surface area contributed by atoms with Gasteiger partial charge in [0.2, 0.25) is 20.0 Å². The molecule has 29 heavy (non-hydrogen) atoms. The average Bonchev–Trinajstić information content (AvgIpc) is 2.65. The van der Waals surface area contributed by atoms with E-state index in [1.165, 1.54) is 24.3 Å². The third kappa shape index (κ3) is 6.94. The Labute approximate surface area is 168 Å². The summed E-state index contributed by atoms with van der Waals surface area (Å²) in [6.45, 7) is -0.270. The number of primary sulfonamides is 2. The summed E-state index contributed by atoms with van der Waals surface area (Å²) in [5.74, 6) is -1.32. The third-order valence-corrected chi connectivity index (χ3v) is 5.60. The van der Waals surface area contributed by atoms with Crippen molar-refractivity contribution in [3.63, 3.8) is 0 Å². The fraction of sp³-hybridized carbons (Fsp3) is 0.176. The van der Waals surface area contributed by atoms with Crippen molar-refractivity contribution in [1.29, 1.82) is 0 Å². The molecule has 0 unspecified atom stereocenters. The zero-order valence-electron chi connectivity index (χ0n) is 15.1. The van der Waals surface area contributed by atoms with Crippen molar-refractivity contribution in [1.82, 2.24) is 5.32 Å². The van der Waals surface area contributed by atoms with Gasteiger partial charge >= 0.3 is 5.97 Å². The van der Waals surface area contributed by atoms with Crippen molar-refractivity contribution in [2.75, 3.05) is 13.2 Å². The summed E-state index contributed by atoms with van der Waals surface area (Å²) in [7, 11) is -7.62. The fourth-order valence-electron chi connectivity index (χ4n) is 2.24. The van der Waals surface area contributed by atoms with Gasteiger partial charge in [0.25, 0.3) is 5.91 Å². The number of esters is 1. The molecular weight excluding hydrogens is 422 g/mol. The molecule has 0 saturated carbocycles. The molecule has 0 heterocycles. The Kier molecular flexibility index (Phi) is 7.08. The van der Waals surface area contributed by atoms with Crippen molar-refractivity contribution in [3.8, 4) is 0 Å². The average molecular weight is 441 g/mol. The first-order valence-corrected chi connectivity index (χ1v) is 11.2. The van der Waals surface area contributed by atoms with Gasteiger partial charge in [-0.15, -0.1) is 0 Å². The molecule has 2 aromatic carbocycles. The van der Waals surface area contributed by atoms with E-state index in [2.05, 4.69) is 5.32 Å². The maximum Gasteiger partial charge on any atom is 0.338 e. The number of ether oxygens (including phenoxy) is 1. The van der Waals surface area contributed by atoms with E-state index in [0.717, 1.165) is 17.7 Å². The molecule has 1 amide bonds. The van der Waals surface area contributed by atoms with E-state index in [-0.39, 0.29) is 21.9 Å². The standard InChI is InChI=1S/C17H19N3O7S2/c18-28(23,24)14-5-1-12(2-6-14)9-10-20-16(21)11-27-17(22)13-3-7-15(8-4-13)29(19,25)26/h1-8H,9-11H2,(H,20,21)(H2,18,23,24)(H2,19,25,26). The molecule has 2 aromatic rings. The molecule has 0 aliphatic rings. The smallest absolute Gasteiger partial charge is 0.338 e. The van der Waals surface area contributed by atoms with Gasteiger partial charge in [-0.25, -0.2) is 31.9 Å². The summed E-state index contributed by atoms with van der Waals surface area (Å²) < 4.78 is 49.6. The second-order valence-electron chi connectivity index (χ2n) is 5.93. The first-order chi connectivity index (χ1) is 13.5. The number of amides is 1. The number of nitrogens with two attached hydrogens (primary N) is 2. The van der Waals surface area contributed by atoms with Crippen LogP contribution in [0, 0.1) is 0 Å². The molecule has 0 saturated heterocycles. The van der Waals surface area contributed by atoms with Crippen LogP contribution in [0.3, 0.4) is 0 Å². The lowest BCUT2D eigenvalue weighted by Crippen LogP contribution is -2.30. The van der Waals surface area contributed by atoms with Gasteiger partial charge in [-0.05, 0) is 48.4 Å². The Bertz CT molecular complexity index is 1090. The van der Waals surface area contributed by atoms with Crippen molar-refractivity contribution in [2.45, 2.75) is 16.2 Å². The Morgan fingerprint density at radius 2 is 1.31 bits per heavy atom. The van der Waals surface area contributed by atoms with E-state index in [0.29, 0.717) is 6.42 Å². The SMILES string of the molecule is NS(=O)(=O)c1ccc(CCNC(=O)COC(=O)c2ccc(S(N)(=O)=O)cc2)cc1. The summed E-state index contributed by atoms with van der Waals surface area (Å²) >= 11 is 0. The van der Waals surface area contributed by atoms with Gasteiger partial charge in [-0.2, -0.15) is 0 Å². The Hall–Kier alpha value is -2.80. The third-order valence-electron chi connectivity index (χ3n) is 3.74. The molecule has 5 N–H and O–H groups in total. The van der Waals surface area contributed by atoms with Gasteiger partial charge in [0, 0.05) is 6.54 Å². The lowest BCUT2D eigenvalue weighted by molar-refractivity contribution is -0.124. The minimum absolute atomic E-state index is 0.00528. The molecular formula is C17H19N3O7S2. The number of hydrogen-bond donors (Lipinski definition) is 3. The van der Waals surface area contributed by atoms with Gasteiger partial charge in [0.1, 0.15) is 0 Å². The Balaban J connectivity index is 1.77. The van der Waals surface area contributed by atoms with Crippen LogP contribution in [0.25, 0.3) is 0 Å². The summed E-state index contributed by atoms with van der Waals surface area (Å²) in [6, 6.07) is 10.7. The number of carbonyl (C=O) groups is 2. The number of rotatable bonds is 8. The zero-order valence-corrected chi connectivity index (χ0v) is 16.7. The van der Waals surface area contributed by atoms with E-state index in [1.54, 1.807) is 12.1 Å². The van der Waals surface area contributed by atoms with Crippen molar-refractivity contribution in [3.05, 3.63) is 59.7 Å². The highest BCUT2D eigenvalue weighted by Gasteiger charge is 2.13. The van der Waals surface area contributed by atoms with E-state index >= 15 is 0 Å². The van der Waals surface area contributed by atoms with Gasteiger partial charge in [-0.3, -0.25) is 4.79 Å². The lowest BCUT2D eigenvalue weighted by Gasteiger charge is -2.07. The van der Waals surface area contributed by atoms with E-state index in [9.17, 15) is 26.4 Å². The second kappa shape index (κ2) is 9.13. The molecule has 2 rings (SSSR count). The van der Waals surface area contributed by atoms with Gasteiger partial charge in [0.15, 0.2) is 6.61 Å². The fourth-order valence-corrected chi connectivity index (χ4v) is 3.27. The van der Waals surface area contributed by atoms with Crippen molar-refractivity contribution in [2.24, 2.45) is 10.3 Å². The maximum atomic E-state index is 11.9. The summed E-state index contributed by atoms with van der Waals surface area (Å²) in [4.78, 5) is 23.5. The highest BCUT2D eigenvalue weighted by atomic mass is 32.2. The molecule has 156 valence electrons. The number of sulfonamides is 2. The molecule has 0 radical (unpaired) electrons. The van der Waals surface area contributed by atoms with Crippen LogP contribution in [0.1, 0.15) is 15.9 Å². The van der Waals surface area contributed by atoms with Crippen molar-refractivity contribution >= 4 is 31.9 Å². The quantitative estimate of drug-likeness (QED) is 0.462. The summed E-state index contributed by atoms with van der Waals surface area (Å²) in [5.41, 5.74) is 0.852. The van der Waals surface area contributed by atoms with Crippen LogP contribution in [0.5, 0.6) is 0 Å². The highest BCUT2D eigenvalue weighted by molar-refractivity contribution is 7.89. The normalized spacial score (nSPS) is 11.7. The first kappa shape index (κ1) is 22.5. The second-order valence-corrected chi connectivity index (χ2v) is 9.06. The number of hydrogen-bond acceptors (Lipinski definition) is 7. The predicted octanol–water partition coefficient (Wildman–Crippen LogP) is -0.503. The number of benzene rings is 2. The molecule has 0 fully saturated rings. The molecule has 0 spiro atoms. The molecule has 12 heteroatoms. The monoisotopic (exact) mass is 441 g/mol. The predicted molar refractivity (Wildman–Crippen MR) is 103 cm³/mol. The minimum Gasteiger partial charge on any atom is -0.452 e. The van der Waals surface area contributed by atoms with Gasteiger partial charge in [0.05, 0.1) is 15.4 Å². The molecule has 0 aliphatic heterocycles. The van der Waals surface area contributed by atoms with E-state index < -0.39 is 38.5 Å². The Morgan fingerprint density at radius 3 is 1.79 bits per heavy atom. The topological polar surface area (TPSA) is 176 Å². The highest BCUT2D eigenvalue weighted by Crippen LogP contribution is 2.10. The van der Waals surface area contributed by atoms with E-state index in [1.807, 2.05) is 0 Å². The Morgan fingerprint density at radius 1 is 0.828 bits per heavy atom. The van der Waals surface area contributed by atoms with Crippen LogP contribution in [0.15, 0.2) is 58.3 Å². The van der Waals surface area contributed by atoms with Gasteiger partial charge in [-0.1, -0.05) is 12.1 Å². The summed E-state index contributed by atoms with van der Waals surface area (Å²) in [5, 5.41) is 12.5. The van der Waals surface area contributed by atoms with Crippen molar-refractivity contribution < 1.29 is 31.2 Å². The number of nitrogens with one attached hydrogen (secondary N) is 1. The van der Waals surface area contributed by atoms with Crippen LogP contribution >= 0.6 is 0 Å². The van der Waals surface area contributed by atoms with Crippen LogP contribution < -0.4 is 15.6 Å². The van der Waals surface area contributed by atoms with Crippen LogP contribution in [-0.2, 0) is 36.0 Å². The minimum atomic E-state index is -3.87. The van der Waals surface area contributed by atoms with Gasteiger partial charge < -0.3 is 10.1 Å². The molecule has 0 aromatic heterocycles. The van der Waals surface area contributed by atoms with Crippen LogP contribution in [0.4, 0.5) is 0 Å².